The average Bonchev–Trinajstić information content (AvgIpc) is 2.17. The summed E-state index contributed by atoms with van der Waals surface area (Å²) < 4.78 is 0. The minimum Gasteiger partial charge on any atom is -0.362 e. The second-order valence-corrected chi connectivity index (χ2v) is 2.26. The largest absolute Gasteiger partial charge is 0.362 e. The standard InChI is InChI=1S/C7H12N2.BH3.4FH/c1-3-4-9-6-5-8(2)7-9;;;;;/h3,5-6H,1,4,7H2,2H3;1H3;4*1H. The second-order valence-electron chi connectivity index (χ2n) is 2.26. The zero-order chi connectivity index (χ0) is 6.69. The molecular weight excluding hydrogens is 199 g/mol. The molecule has 88 valence electrons. The van der Waals surface area contributed by atoms with Gasteiger partial charge >= 0.3 is 0 Å². The maximum atomic E-state index is 3.66. The van der Waals surface area contributed by atoms with Crippen molar-refractivity contribution >= 4 is 8.41 Å². The first-order chi connectivity index (χ1) is 4.33. The molecule has 14 heavy (non-hydrogen) atoms. The first-order valence-electron chi connectivity index (χ1n) is 3.06. The van der Waals surface area contributed by atoms with Gasteiger partial charge in [0.2, 0.25) is 0 Å². The van der Waals surface area contributed by atoms with Crippen LogP contribution in [0.5, 0.6) is 0 Å². The SMILES string of the molecule is B.C=CCN1C=CN(C)C1.F.F.F.F. The molecule has 0 aromatic carbocycles. The Bertz CT molecular complexity index is 146. The quantitative estimate of drug-likeness (QED) is 0.373. The third kappa shape index (κ3) is 8.96. The van der Waals surface area contributed by atoms with Crippen LogP contribution in [0.3, 0.4) is 0 Å². The summed E-state index contributed by atoms with van der Waals surface area (Å²) in [6.07, 6.45) is 6.04. The zero-order valence-electron chi connectivity index (χ0n) is 7.38. The maximum Gasteiger partial charge on any atom is 0.0894 e. The van der Waals surface area contributed by atoms with Gasteiger partial charge in [0.15, 0.2) is 0 Å². The van der Waals surface area contributed by atoms with E-state index in [4.69, 9.17) is 0 Å². The van der Waals surface area contributed by atoms with Crippen LogP contribution in [-0.2, 0) is 0 Å². The van der Waals surface area contributed by atoms with Crippen molar-refractivity contribution in [3.05, 3.63) is 25.1 Å². The van der Waals surface area contributed by atoms with Crippen molar-refractivity contribution in [2.75, 3.05) is 20.3 Å². The van der Waals surface area contributed by atoms with Gasteiger partial charge in [-0.2, -0.15) is 0 Å². The molecule has 0 aliphatic carbocycles. The van der Waals surface area contributed by atoms with E-state index in [0.29, 0.717) is 0 Å². The number of nitrogens with zero attached hydrogens (tertiary/aromatic N) is 2. The third-order valence-corrected chi connectivity index (χ3v) is 1.30. The lowest BCUT2D eigenvalue weighted by Crippen LogP contribution is -2.21. The molecule has 2 nitrogen and oxygen atoms in total. The predicted octanol–water partition coefficient (Wildman–Crippen LogP) is 0.275. The van der Waals surface area contributed by atoms with Crippen LogP contribution >= 0.6 is 0 Å². The molecule has 0 bridgehead atoms. The van der Waals surface area contributed by atoms with Crippen LogP contribution in [0.4, 0.5) is 18.8 Å². The summed E-state index contributed by atoms with van der Waals surface area (Å²) in [6.45, 7) is 5.59. The van der Waals surface area contributed by atoms with Crippen molar-refractivity contribution in [3.63, 3.8) is 0 Å². The van der Waals surface area contributed by atoms with Gasteiger partial charge in [-0.15, -0.1) is 6.58 Å². The molecule has 0 aromatic rings. The lowest BCUT2D eigenvalue weighted by molar-refractivity contribution is 0.318. The van der Waals surface area contributed by atoms with E-state index >= 15 is 0 Å². The van der Waals surface area contributed by atoms with E-state index in [-0.39, 0.29) is 27.2 Å². The van der Waals surface area contributed by atoms with Gasteiger partial charge in [-0.3, -0.25) is 18.8 Å². The van der Waals surface area contributed by atoms with Crippen LogP contribution in [0.2, 0.25) is 0 Å². The lowest BCUT2D eigenvalue weighted by Gasteiger charge is -2.15. The van der Waals surface area contributed by atoms with Crippen molar-refractivity contribution in [2.45, 2.75) is 0 Å². The van der Waals surface area contributed by atoms with Crippen LogP contribution in [0, 0.1) is 0 Å². The van der Waals surface area contributed by atoms with Gasteiger partial charge in [0.1, 0.15) is 0 Å². The van der Waals surface area contributed by atoms with Gasteiger partial charge in [0.05, 0.1) is 15.1 Å². The summed E-state index contributed by atoms with van der Waals surface area (Å²) in [4.78, 5) is 4.32. The topological polar surface area (TPSA) is 6.48 Å². The molecule has 0 fully saturated rings. The minimum absolute atomic E-state index is 0. The number of hydrogen-bond donors (Lipinski definition) is 0. The van der Waals surface area contributed by atoms with E-state index in [0.717, 1.165) is 13.2 Å². The predicted molar refractivity (Wildman–Crippen MR) is 58.6 cm³/mol. The monoisotopic (exact) mass is 218 g/mol. The van der Waals surface area contributed by atoms with Gasteiger partial charge in [0.25, 0.3) is 0 Å². The van der Waals surface area contributed by atoms with Crippen molar-refractivity contribution in [1.29, 1.82) is 0 Å². The first kappa shape index (κ1) is 29.3. The van der Waals surface area contributed by atoms with Crippen LogP contribution in [0.15, 0.2) is 25.1 Å². The fourth-order valence-corrected chi connectivity index (χ4v) is 0.873. The Morgan fingerprint density at radius 2 is 1.71 bits per heavy atom. The van der Waals surface area contributed by atoms with E-state index in [1.54, 1.807) is 0 Å². The molecule has 0 radical (unpaired) electrons. The highest BCUT2D eigenvalue weighted by molar-refractivity contribution is 5.75. The van der Waals surface area contributed by atoms with E-state index in [1.807, 2.05) is 6.08 Å². The fourth-order valence-electron chi connectivity index (χ4n) is 0.873. The summed E-state index contributed by atoms with van der Waals surface area (Å²) in [5.41, 5.74) is 0. The third-order valence-electron chi connectivity index (χ3n) is 1.30. The maximum absolute atomic E-state index is 3.66. The molecule has 0 atom stereocenters. The Balaban J connectivity index is -0.0000000540. The summed E-state index contributed by atoms with van der Waals surface area (Å²) in [5, 5.41) is 0. The summed E-state index contributed by atoms with van der Waals surface area (Å²) in [5.74, 6) is 0. The van der Waals surface area contributed by atoms with Crippen LogP contribution in [0.25, 0.3) is 0 Å². The Morgan fingerprint density at radius 3 is 2.00 bits per heavy atom. The van der Waals surface area contributed by atoms with Gasteiger partial charge in [-0.25, -0.2) is 0 Å². The van der Waals surface area contributed by atoms with Crippen molar-refractivity contribution < 1.29 is 18.8 Å². The van der Waals surface area contributed by atoms with Gasteiger partial charge in [0, 0.05) is 26.0 Å². The normalized spacial score (nSPS) is 10.9. The second kappa shape index (κ2) is 14.4. The highest BCUT2D eigenvalue weighted by Gasteiger charge is 2.04. The molecule has 0 unspecified atom stereocenters. The molecule has 1 aliphatic rings. The van der Waals surface area contributed by atoms with Crippen molar-refractivity contribution in [2.24, 2.45) is 0 Å². The van der Waals surface area contributed by atoms with Gasteiger partial charge < -0.3 is 9.80 Å². The molecule has 0 saturated heterocycles. The highest BCUT2D eigenvalue weighted by atomic mass is 19.0. The van der Waals surface area contributed by atoms with Crippen molar-refractivity contribution in [1.82, 2.24) is 9.80 Å². The van der Waals surface area contributed by atoms with E-state index in [1.165, 1.54) is 0 Å². The Kier molecular flexibility index (Phi) is 30.1. The molecule has 1 heterocycles. The molecule has 0 amide bonds. The summed E-state index contributed by atoms with van der Waals surface area (Å²) >= 11 is 0. The van der Waals surface area contributed by atoms with Crippen molar-refractivity contribution in [3.8, 4) is 0 Å². The fraction of sp³-hybridized carbons (Fsp3) is 0.429. The highest BCUT2D eigenvalue weighted by Crippen LogP contribution is 2.01. The van der Waals surface area contributed by atoms with E-state index in [9.17, 15) is 0 Å². The molecule has 7 heteroatoms. The Hall–Kier alpha value is -1.14. The molecule has 0 saturated carbocycles. The minimum atomic E-state index is 0. The molecular formula is C7H19BF4N2. The molecule has 0 spiro atoms. The van der Waals surface area contributed by atoms with Crippen LogP contribution < -0.4 is 0 Å². The Morgan fingerprint density at radius 1 is 1.21 bits per heavy atom. The van der Waals surface area contributed by atoms with Gasteiger partial charge in [-0.1, -0.05) is 6.08 Å². The smallest absolute Gasteiger partial charge is 0.0894 e. The average molecular weight is 218 g/mol. The summed E-state index contributed by atoms with van der Waals surface area (Å²) in [7, 11) is 2.06. The molecule has 1 aliphatic heterocycles. The lowest BCUT2D eigenvalue weighted by atomic mass is 10.6. The number of halogens is 4. The number of hydrogen-bond acceptors (Lipinski definition) is 2. The number of rotatable bonds is 2. The Labute approximate surface area is 83.3 Å². The molecule has 0 N–H and O–H groups in total. The molecule has 1 rings (SSSR count). The molecule has 0 aromatic heterocycles. The van der Waals surface area contributed by atoms with E-state index < -0.39 is 0 Å². The van der Waals surface area contributed by atoms with Crippen LogP contribution in [-0.4, -0.2) is 38.5 Å². The zero-order valence-corrected chi connectivity index (χ0v) is 7.38. The summed E-state index contributed by atoms with van der Waals surface area (Å²) in [6, 6.07) is 0. The van der Waals surface area contributed by atoms with E-state index in [2.05, 4.69) is 35.8 Å². The first-order valence-corrected chi connectivity index (χ1v) is 3.06. The van der Waals surface area contributed by atoms with Gasteiger partial charge in [-0.05, 0) is 0 Å². The van der Waals surface area contributed by atoms with Crippen LogP contribution in [0.1, 0.15) is 0 Å².